The number of hydrogen-bond donors (Lipinski definition) is 2. The molecule has 1 aliphatic carbocycles. The SMILES string of the molecule is CCC(CC)(CN)C(=O)NC1CCCC1c1ccccc1.Cl. The first-order chi connectivity index (χ1) is 10.2. The zero-order valence-corrected chi connectivity index (χ0v) is 14.5. The molecule has 0 spiro atoms. The molecule has 0 heterocycles. The minimum atomic E-state index is -0.399. The summed E-state index contributed by atoms with van der Waals surface area (Å²) in [6.45, 7) is 4.53. The van der Waals surface area contributed by atoms with Crippen LogP contribution in [0, 0.1) is 5.41 Å². The van der Waals surface area contributed by atoms with Crippen LogP contribution in [-0.4, -0.2) is 18.5 Å². The smallest absolute Gasteiger partial charge is 0.227 e. The summed E-state index contributed by atoms with van der Waals surface area (Å²) in [5.41, 5.74) is 6.83. The lowest BCUT2D eigenvalue weighted by Gasteiger charge is -2.32. The van der Waals surface area contributed by atoms with Crippen molar-refractivity contribution in [3.63, 3.8) is 0 Å². The van der Waals surface area contributed by atoms with Gasteiger partial charge in [-0.2, -0.15) is 0 Å². The summed E-state index contributed by atoms with van der Waals surface area (Å²) in [4.78, 5) is 12.7. The second kappa shape index (κ2) is 8.54. The third-order valence-corrected chi connectivity index (χ3v) is 5.29. The minimum absolute atomic E-state index is 0. The first-order valence-electron chi connectivity index (χ1n) is 8.23. The van der Waals surface area contributed by atoms with Gasteiger partial charge in [-0.25, -0.2) is 0 Å². The largest absolute Gasteiger partial charge is 0.352 e. The number of nitrogens with one attached hydrogen (secondary N) is 1. The normalized spacial score (nSPS) is 21.2. The number of carbonyl (C=O) groups is 1. The predicted octanol–water partition coefficient (Wildman–Crippen LogP) is 3.63. The number of benzene rings is 1. The van der Waals surface area contributed by atoms with Crippen molar-refractivity contribution in [1.29, 1.82) is 0 Å². The molecule has 1 fully saturated rings. The fraction of sp³-hybridized carbons (Fsp3) is 0.611. The van der Waals surface area contributed by atoms with Crippen LogP contribution in [0.5, 0.6) is 0 Å². The Morgan fingerprint density at radius 2 is 1.86 bits per heavy atom. The number of amides is 1. The molecule has 0 bridgehead atoms. The monoisotopic (exact) mass is 324 g/mol. The fourth-order valence-electron chi connectivity index (χ4n) is 3.51. The van der Waals surface area contributed by atoms with Gasteiger partial charge in [0, 0.05) is 18.5 Å². The average Bonchev–Trinajstić information content (AvgIpc) is 2.98. The van der Waals surface area contributed by atoms with Gasteiger partial charge in [0.1, 0.15) is 0 Å². The number of hydrogen-bond acceptors (Lipinski definition) is 2. The summed E-state index contributed by atoms with van der Waals surface area (Å²) in [7, 11) is 0. The van der Waals surface area contributed by atoms with Gasteiger partial charge in [-0.05, 0) is 31.2 Å². The van der Waals surface area contributed by atoms with Crippen molar-refractivity contribution < 1.29 is 4.79 Å². The Balaban J connectivity index is 0.00000242. The van der Waals surface area contributed by atoms with Crippen LogP contribution < -0.4 is 11.1 Å². The molecule has 1 aromatic carbocycles. The molecule has 0 radical (unpaired) electrons. The molecule has 0 aromatic heterocycles. The summed E-state index contributed by atoms with van der Waals surface area (Å²) in [6.07, 6.45) is 5.00. The van der Waals surface area contributed by atoms with Crippen LogP contribution in [0.3, 0.4) is 0 Å². The fourth-order valence-corrected chi connectivity index (χ4v) is 3.51. The topological polar surface area (TPSA) is 55.1 Å². The lowest BCUT2D eigenvalue weighted by Crippen LogP contribution is -2.49. The zero-order valence-electron chi connectivity index (χ0n) is 13.7. The summed E-state index contributed by atoms with van der Waals surface area (Å²) in [6, 6.07) is 10.8. The van der Waals surface area contributed by atoms with Crippen molar-refractivity contribution >= 4 is 18.3 Å². The van der Waals surface area contributed by atoms with Crippen LogP contribution in [0.4, 0.5) is 0 Å². The maximum Gasteiger partial charge on any atom is 0.227 e. The van der Waals surface area contributed by atoms with E-state index in [0.717, 1.165) is 25.7 Å². The highest BCUT2D eigenvalue weighted by Crippen LogP contribution is 2.35. The molecule has 3 nitrogen and oxygen atoms in total. The molecular weight excluding hydrogens is 296 g/mol. The Morgan fingerprint density at radius 3 is 2.41 bits per heavy atom. The van der Waals surface area contributed by atoms with Crippen molar-refractivity contribution in [3.8, 4) is 0 Å². The highest BCUT2D eigenvalue weighted by atomic mass is 35.5. The lowest BCUT2D eigenvalue weighted by molar-refractivity contribution is -0.131. The van der Waals surface area contributed by atoms with E-state index in [-0.39, 0.29) is 24.4 Å². The van der Waals surface area contributed by atoms with Gasteiger partial charge in [0.05, 0.1) is 5.41 Å². The van der Waals surface area contributed by atoms with Crippen molar-refractivity contribution in [2.24, 2.45) is 11.1 Å². The Bertz CT molecular complexity index is 451. The van der Waals surface area contributed by atoms with Crippen molar-refractivity contribution in [3.05, 3.63) is 35.9 Å². The first kappa shape index (κ1) is 19.0. The first-order valence-corrected chi connectivity index (χ1v) is 8.23. The molecule has 2 atom stereocenters. The molecular formula is C18H29ClN2O. The van der Waals surface area contributed by atoms with E-state index in [4.69, 9.17) is 5.73 Å². The van der Waals surface area contributed by atoms with E-state index in [0.29, 0.717) is 12.5 Å². The average molecular weight is 325 g/mol. The molecule has 0 saturated heterocycles. The second-order valence-corrected chi connectivity index (χ2v) is 6.22. The van der Waals surface area contributed by atoms with Crippen LogP contribution in [0.15, 0.2) is 30.3 Å². The second-order valence-electron chi connectivity index (χ2n) is 6.22. The quantitative estimate of drug-likeness (QED) is 0.839. The molecule has 2 unspecified atom stereocenters. The van der Waals surface area contributed by atoms with Crippen LogP contribution >= 0.6 is 12.4 Å². The summed E-state index contributed by atoms with van der Waals surface area (Å²) in [5.74, 6) is 0.585. The molecule has 124 valence electrons. The van der Waals surface area contributed by atoms with Gasteiger partial charge in [-0.3, -0.25) is 4.79 Å². The number of nitrogens with two attached hydrogens (primary N) is 1. The van der Waals surface area contributed by atoms with Gasteiger partial charge in [-0.1, -0.05) is 50.6 Å². The van der Waals surface area contributed by atoms with E-state index in [2.05, 4.69) is 43.4 Å². The van der Waals surface area contributed by atoms with E-state index in [1.54, 1.807) is 0 Å². The van der Waals surface area contributed by atoms with E-state index >= 15 is 0 Å². The molecule has 1 amide bonds. The Labute approximate surface area is 140 Å². The van der Waals surface area contributed by atoms with E-state index < -0.39 is 5.41 Å². The van der Waals surface area contributed by atoms with Crippen LogP contribution in [0.25, 0.3) is 0 Å². The van der Waals surface area contributed by atoms with E-state index in [1.807, 2.05) is 6.07 Å². The molecule has 1 aromatic rings. The minimum Gasteiger partial charge on any atom is -0.352 e. The van der Waals surface area contributed by atoms with Crippen molar-refractivity contribution in [2.75, 3.05) is 6.54 Å². The summed E-state index contributed by atoms with van der Waals surface area (Å²) < 4.78 is 0. The third kappa shape index (κ3) is 3.82. The summed E-state index contributed by atoms with van der Waals surface area (Å²) >= 11 is 0. The van der Waals surface area contributed by atoms with Gasteiger partial charge in [0.15, 0.2) is 0 Å². The van der Waals surface area contributed by atoms with Gasteiger partial charge >= 0.3 is 0 Å². The number of halogens is 1. The molecule has 1 saturated carbocycles. The Morgan fingerprint density at radius 1 is 1.23 bits per heavy atom. The standard InChI is InChI=1S/C18H28N2O.ClH/c1-3-18(4-2,13-19)17(21)20-16-12-8-11-15(16)14-9-6-5-7-10-14;/h5-7,9-10,15-16H,3-4,8,11-13,19H2,1-2H3,(H,20,21);1H. The zero-order chi connectivity index (χ0) is 15.3. The third-order valence-electron chi connectivity index (χ3n) is 5.29. The molecule has 22 heavy (non-hydrogen) atoms. The highest BCUT2D eigenvalue weighted by molar-refractivity contribution is 5.85. The molecule has 2 rings (SSSR count). The van der Waals surface area contributed by atoms with E-state index in [9.17, 15) is 4.79 Å². The van der Waals surface area contributed by atoms with Gasteiger partial charge in [0.2, 0.25) is 5.91 Å². The Kier molecular flexibility index (Phi) is 7.37. The number of carbonyl (C=O) groups excluding carboxylic acids is 1. The Hall–Kier alpha value is -1.06. The highest BCUT2D eigenvalue weighted by Gasteiger charge is 2.37. The van der Waals surface area contributed by atoms with Crippen molar-refractivity contribution in [2.45, 2.75) is 57.9 Å². The lowest BCUT2D eigenvalue weighted by atomic mass is 9.81. The van der Waals surface area contributed by atoms with Crippen LogP contribution in [0.1, 0.15) is 57.4 Å². The molecule has 0 aliphatic heterocycles. The maximum atomic E-state index is 12.7. The van der Waals surface area contributed by atoms with Gasteiger partial charge < -0.3 is 11.1 Å². The molecule has 1 aliphatic rings. The van der Waals surface area contributed by atoms with Crippen LogP contribution in [0.2, 0.25) is 0 Å². The molecule has 3 N–H and O–H groups in total. The summed E-state index contributed by atoms with van der Waals surface area (Å²) in [5, 5.41) is 3.30. The van der Waals surface area contributed by atoms with Gasteiger partial charge in [-0.15, -0.1) is 12.4 Å². The number of rotatable bonds is 6. The molecule has 4 heteroatoms. The van der Waals surface area contributed by atoms with Crippen molar-refractivity contribution in [1.82, 2.24) is 5.32 Å². The predicted molar refractivity (Wildman–Crippen MR) is 94.3 cm³/mol. The van der Waals surface area contributed by atoms with E-state index in [1.165, 1.54) is 12.0 Å². The van der Waals surface area contributed by atoms with Gasteiger partial charge in [0.25, 0.3) is 0 Å². The van der Waals surface area contributed by atoms with Crippen LogP contribution in [-0.2, 0) is 4.79 Å². The maximum absolute atomic E-state index is 12.7.